The van der Waals surface area contributed by atoms with Gasteiger partial charge >= 0.3 is 0 Å². The molecule has 0 aromatic heterocycles. The Kier molecular flexibility index (Phi) is 4.47. The van der Waals surface area contributed by atoms with E-state index in [4.69, 9.17) is 0 Å². The maximum Gasteiger partial charge on any atom is 0.180 e. The number of Topliss-reactive ketones (excluding diaryl/α,β-unsaturated/α-hetero) is 1. The van der Waals surface area contributed by atoms with Crippen molar-refractivity contribution in [3.05, 3.63) is 48.0 Å². The van der Waals surface area contributed by atoms with Crippen LogP contribution in [0.4, 0.5) is 0 Å². The largest absolute Gasteiger partial charge is 0.299 e. The maximum atomic E-state index is 12.7. The second kappa shape index (κ2) is 5.49. The van der Waals surface area contributed by atoms with Crippen LogP contribution in [-0.4, -0.2) is 30.8 Å². The van der Waals surface area contributed by atoms with Gasteiger partial charge in [-0.25, -0.2) is 0 Å². The number of hydrogen-bond donors (Lipinski definition) is 0. The standard InChI is InChI=1S/C16H23NO/c1-12(2)16(3,4)15(17(5)6)14(18)13-10-8-7-9-11-13/h7-11,15H,1H2,2-6H3. The molecule has 0 aliphatic rings. The van der Waals surface area contributed by atoms with Crippen LogP contribution in [0.3, 0.4) is 0 Å². The van der Waals surface area contributed by atoms with Crippen LogP contribution in [0.25, 0.3) is 0 Å². The van der Waals surface area contributed by atoms with Crippen molar-refractivity contribution in [1.29, 1.82) is 0 Å². The van der Waals surface area contributed by atoms with Gasteiger partial charge in [-0.1, -0.05) is 56.3 Å². The highest BCUT2D eigenvalue weighted by Gasteiger charge is 2.37. The van der Waals surface area contributed by atoms with Gasteiger partial charge in [-0.15, -0.1) is 0 Å². The number of benzene rings is 1. The summed E-state index contributed by atoms with van der Waals surface area (Å²) < 4.78 is 0. The van der Waals surface area contributed by atoms with E-state index in [0.29, 0.717) is 0 Å². The summed E-state index contributed by atoms with van der Waals surface area (Å²) in [5, 5.41) is 0. The first-order chi connectivity index (χ1) is 8.28. The van der Waals surface area contributed by atoms with Crippen molar-refractivity contribution < 1.29 is 4.79 Å². The molecular weight excluding hydrogens is 222 g/mol. The lowest BCUT2D eigenvalue weighted by molar-refractivity contribution is 0.0749. The highest BCUT2D eigenvalue weighted by atomic mass is 16.1. The summed E-state index contributed by atoms with van der Waals surface area (Å²) in [6.07, 6.45) is 0. The minimum absolute atomic E-state index is 0.147. The minimum atomic E-state index is -0.254. The van der Waals surface area contributed by atoms with E-state index in [1.54, 1.807) is 0 Å². The van der Waals surface area contributed by atoms with Gasteiger partial charge in [-0.05, 0) is 21.0 Å². The summed E-state index contributed by atoms with van der Waals surface area (Å²) in [5.41, 5.74) is 1.52. The third-order valence-corrected chi connectivity index (χ3v) is 3.61. The zero-order chi connectivity index (χ0) is 13.9. The Bertz CT molecular complexity index is 432. The van der Waals surface area contributed by atoms with E-state index in [0.717, 1.165) is 11.1 Å². The number of likely N-dealkylation sites (N-methyl/N-ethyl adjacent to an activating group) is 1. The molecule has 0 aliphatic heterocycles. The van der Waals surface area contributed by atoms with Crippen LogP contribution in [0.1, 0.15) is 31.1 Å². The van der Waals surface area contributed by atoms with Gasteiger partial charge in [-0.3, -0.25) is 9.69 Å². The van der Waals surface area contributed by atoms with E-state index in [-0.39, 0.29) is 17.2 Å². The summed E-state index contributed by atoms with van der Waals surface area (Å²) in [6.45, 7) is 10.1. The Morgan fingerprint density at radius 2 is 1.72 bits per heavy atom. The molecule has 98 valence electrons. The molecule has 0 bridgehead atoms. The third kappa shape index (κ3) is 2.88. The molecule has 0 saturated carbocycles. The Labute approximate surface area is 110 Å². The van der Waals surface area contributed by atoms with Gasteiger partial charge in [0.2, 0.25) is 0 Å². The first kappa shape index (κ1) is 14.7. The number of rotatable bonds is 5. The van der Waals surface area contributed by atoms with Crippen molar-refractivity contribution in [1.82, 2.24) is 4.90 Å². The lowest BCUT2D eigenvalue weighted by Crippen LogP contribution is -2.47. The van der Waals surface area contributed by atoms with Crippen LogP contribution in [-0.2, 0) is 0 Å². The molecule has 0 radical (unpaired) electrons. The van der Waals surface area contributed by atoms with Gasteiger partial charge in [-0.2, -0.15) is 0 Å². The highest BCUT2D eigenvalue weighted by Crippen LogP contribution is 2.33. The molecule has 1 atom stereocenters. The molecule has 1 unspecified atom stereocenters. The number of hydrogen-bond acceptors (Lipinski definition) is 2. The zero-order valence-corrected chi connectivity index (χ0v) is 12.0. The molecule has 0 heterocycles. The molecule has 0 amide bonds. The fourth-order valence-electron chi connectivity index (χ4n) is 2.20. The lowest BCUT2D eigenvalue weighted by Gasteiger charge is -2.38. The predicted octanol–water partition coefficient (Wildman–Crippen LogP) is 3.40. The average molecular weight is 245 g/mol. The van der Waals surface area contributed by atoms with Crippen molar-refractivity contribution in [2.45, 2.75) is 26.8 Å². The molecule has 0 fully saturated rings. The van der Waals surface area contributed by atoms with Gasteiger partial charge in [0, 0.05) is 11.0 Å². The van der Waals surface area contributed by atoms with Gasteiger partial charge < -0.3 is 0 Å². The van der Waals surface area contributed by atoms with E-state index >= 15 is 0 Å². The molecule has 0 N–H and O–H groups in total. The second-order valence-corrected chi connectivity index (χ2v) is 5.60. The summed E-state index contributed by atoms with van der Waals surface area (Å²) in [4.78, 5) is 14.6. The van der Waals surface area contributed by atoms with Gasteiger partial charge in [0.15, 0.2) is 5.78 Å². The molecule has 2 heteroatoms. The van der Waals surface area contributed by atoms with Crippen molar-refractivity contribution >= 4 is 5.78 Å². The summed E-state index contributed by atoms with van der Waals surface area (Å²) >= 11 is 0. The van der Waals surface area contributed by atoms with Crippen LogP contribution in [0.2, 0.25) is 0 Å². The summed E-state index contributed by atoms with van der Waals surface area (Å²) in [6, 6.07) is 9.25. The maximum absolute atomic E-state index is 12.7. The molecular formula is C16H23NO. The molecule has 1 aromatic rings. The Morgan fingerprint density at radius 1 is 1.22 bits per heavy atom. The Morgan fingerprint density at radius 3 is 2.11 bits per heavy atom. The van der Waals surface area contributed by atoms with Gasteiger partial charge in [0.05, 0.1) is 6.04 Å². The van der Waals surface area contributed by atoms with Crippen LogP contribution in [0.15, 0.2) is 42.5 Å². The fourth-order valence-corrected chi connectivity index (χ4v) is 2.20. The zero-order valence-electron chi connectivity index (χ0n) is 12.0. The third-order valence-electron chi connectivity index (χ3n) is 3.61. The van der Waals surface area contributed by atoms with Gasteiger partial charge in [0.25, 0.3) is 0 Å². The fraction of sp³-hybridized carbons (Fsp3) is 0.438. The quantitative estimate of drug-likeness (QED) is 0.585. The lowest BCUT2D eigenvalue weighted by atomic mass is 9.75. The first-order valence-corrected chi connectivity index (χ1v) is 6.20. The SMILES string of the molecule is C=C(C)C(C)(C)C(C(=O)c1ccccc1)N(C)C. The van der Waals surface area contributed by atoms with Gasteiger partial charge in [0.1, 0.15) is 0 Å². The first-order valence-electron chi connectivity index (χ1n) is 6.20. The highest BCUT2D eigenvalue weighted by molar-refractivity contribution is 6.00. The minimum Gasteiger partial charge on any atom is -0.299 e. The number of carbonyl (C=O) groups excluding carboxylic acids is 1. The average Bonchev–Trinajstić information content (AvgIpc) is 2.29. The number of carbonyl (C=O) groups is 1. The summed E-state index contributed by atoms with van der Waals surface area (Å²) in [5.74, 6) is 0.147. The van der Waals surface area contributed by atoms with Crippen molar-refractivity contribution in [2.75, 3.05) is 14.1 Å². The smallest absolute Gasteiger partial charge is 0.180 e. The monoisotopic (exact) mass is 245 g/mol. The van der Waals surface area contributed by atoms with E-state index in [1.165, 1.54) is 0 Å². The molecule has 1 aromatic carbocycles. The van der Waals surface area contributed by atoms with E-state index in [1.807, 2.05) is 56.3 Å². The molecule has 2 nitrogen and oxygen atoms in total. The predicted molar refractivity (Wildman–Crippen MR) is 76.8 cm³/mol. The van der Waals surface area contributed by atoms with Crippen LogP contribution in [0, 0.1) is 5.41 Å². The van der Waals surface area contributed by atoms with Crippen molar-refractivity contribution in [3.63, 3.8) is 0 Å². The molecule has 0 spiro atoms. The molecule has 1 rings (SSSR count). The van der Waals surface area contributed by atoms with Crippen LogP contribution >= 0.6 is 0 Å². The van der Waals surface area contributed by atoms with Crippen molar-refractivity contribution in [2.24, 2.45) is 5.41 Å². The van der Waals surface area contributed by atoms with Crippen LogP contribution < -0.4 is 0 Å². The Hall–Kier alpha value is -1.41. The summed E-state index contributed by atoms with van der Waals surface area (Å²) in [7, 11) is 3.88. The van der Waals surface area contributed by atoms with E-state index in [2.05, 4.69) is 20.4 Å². The molecule has 0 saturated heterocycles. The second-order valence-electron chi connectivity index (χ2n) is 5.60. The van der Waals surface area contributed by atoms with E-state index < -0.39 is 0 Å². The normalized spacial score (nSPS) is 13.4. The van der Waals surface area contributed by atoms with Crippen LogP contribution in [0.5, 0.6) is 0 Å². The molecule has 18 heavy (non-hydrogen) atoms. The van der Waals surface area contributed by atoms with Crippen molar-refractivity contribution in [3.8, 4) is 0 Å². The Balaban J connectivity index is 3.16. The molecule has 0 aliphatic carbocycles. The number of ketones is 1. The topological polar surface area (TPSA) is 20.3 Å². The number of nitrogens with zero attached hydrogens (tertiary/aromatic N) is 1. The van der Waals surface area contributed by atoms with E-state index in [9.17, 15) is 4.79 Å².